The second-order valence-corrected chi connectivity index (χ2v) is 8.19. The molecule has 0 saturated carbocycles. The van der Waals surface area contributed by atoms with E-state index in [1.165, 1.54) is 17.0 Å². The van der Waals surface area contributed by atoms with Gasteiger partial charge in [-0.15, -0.1) is 0 Å². The summed E-state index contributed by atoms with van der Waals surface area (Å²) in [5.41, 5.74) is 3.07. The number of aryl methyl sites for hydroxylation is 1. The van der Waals surface area contributed by atoms with Crippen LogP contribution in [0.1, 0.15) is 52.9 Å². The van der Waals surface area contributed by atoms with Gasteiger partial charge in [-0.2, -0.15) is 0 Å². The van der Waals surface area contributed by atoms with Gasteiger partial charge in [-0.3, -0.25) is 14.5 Å². The lowest BCUT2D eigenvalue weighted by molar-refractivity contribution is -0.117. The lowest BCUT2D eigenvalue weighted by atomic mass is 9.91. The van der Waals surface area contributed by atoms with Crippen LogP contribution in [0, 0.1) is 12.7 Å². The fourth-order valence-corrected chi connectivity index (χ4v) is 3.82. The average Bonchev–Trinajstić information content (AvgIpc) is 3.05. The first-order valence-electron chi connectivity index (χ1n) is 10.4. The second kappa shape index (κ2) is 8.38. The Bertz CT molecular complexity index is 1200. The summed E-state index contributed by atoms with van der Waals surface area (Å²) in [7, 11) is 0. The molecule has 32 heavy (non-hydrogen) atoms. The maximum Gasteiger partial charge on any atom is 0.295 e. The molecule has 0 radical (unpaired) electrons. The molecule has 0 saturated heterocycles. The van der Waals surface area contributed by atoms with E-state index in [9.17, 15) is 19.1 Å². The number of ketones is 1. The molecule has 1 N–H and O–H groups in total. The van der Waals surface area contributed by atoms with E-state index in [2.05, 4.69) is 18.8 Å². The van der Waals surface area contributed by atoms with Gasteiger partial charge in [0.2, 0.25) is 0 Å². The topological polar surface area (TPSA) is 70.5 Å². The zero-order valence-corrected chi connectivity index (χ0v) is 18.0. The van der Waals surface area contributed by atoms with Gasteiger partial charge in [0, 0.05) is 5.56 Å². The summed E-state index contributed by atoms with van der Waals surface area (Å²) in [6, 6.07) is 16.1. The van der Waals surface area contributed by atoms with E-state index in [1.807, 2.05) is 31.2 Å². The van der Waals surface area contributed by atoms with E-state index < -0.39 is 29.3 Å². The monoisotopic (exact) mass is 430 g/mol. The maximum atomic E-state index is 13.5. The molecule has 1 atom stereocenters. The zero-order chi connectivity index (χ0) is 23.0. The molecular formula is C26H23FN2O3. The van der Waals surface area contributed by atoms with Gasteiger partial charge < -0.3 is 5.11 Å². The zero-order valence-electron chi connectivity index (χ0n) is 18.0. The first-order chi connectivity index (χ1) is 15.3. The van der Waals surface area contributed by atoms with E-state index >= 15 is 0 Å². The Morgan fingerprint density at radius 1 is 1.03 bits per heavy atom. The molecule has 1 aliphatic heterocycles. The number of aliphatic hydroxyl groups excluding tert-OH is 1. The van der Waals surface area contributed by atoms with Gasteiger partial charge in [0.25, 0.3) is 5.91 Å². The third-order valence-electron chi connectivity index (χ3n) is 5.64. The van der Waals surface area contributed by atoms with Crippen molar-refractivity contribution in [3.8, 4) is 0 Å². The Hall–Kier alpha value is -3.80. The van der Waals surface area contributed by atoms with Crippen LogP contribution in [0.3, 0.4) is 0 Å². The van der Waals surface area contributed by atoms with Crippen LogP contribution in [0.25, 0.3) is 0 Å². The minimum Gasteiger partial charge on any atom is -0.503 e. The van der Waals surface area contributed by atoms with Crippen molar-refractivity contribution in [2.24, 2.45) is 0 Å². The summed E-state index contributed by atoms with van der Waals surface area (Å²) in [4.78, 5) is 31.8. The number of carbonyl (C=O) groups is 2. The Labute approximate surface area is 185 Å². The number of benzene rings is 2. The molecule has 1 unspecified atom stereocenters. The first-order valence-corrected chi connectivity index (χ1v) is 10.4. The second-order valence-electron chi connectivity index (χ2n) is 8.19. The van der Waals surface area contributed by atoms with Crippen molar-refractivity contribution >= 4 is 17.5 Å². The number of anilines is 1. The van der Waals surface area contributed by atoms with Crippen LogP contribution in [-0.4, -0.2) is 21.8 Å². The van der Waals surface area contributed by atoms with Crippen molar-refractivity contribution in [3.05, 3.63) is 106 Å². The fourth-order valence-electron chi connectivity index (χ4n) is 3.82. The number of carbonyl (C=O) groups excluding carboxylic acids is 2. The van der Waals surface area contributed by atoms with Crippen LogP contribution in [0.4, 0.5) is 10.2 Å². The summed E-state index contributed by atoms with van der Waals surface area (Å²) in [6.45, 7) is 6.05. The lowest BCUT2D eigenvalue weighted by Crippen LogP contribution is -2.31. The summed E-state index contributed by atoms with van der Waals surface area (Å²) >= 11 is 0. The number of hydrogen-bond acceptors (Lipinski definition) is 4. The number of aliphatic hydroxyl groups is 1. The highest BCUT2D eigenvalue weighted by molar-refractivity contribution is 6.20. The smallest absolute Gasteiger partial charge is 0.295 e. The number of Topliss-reactive ketones (excluding diaryl/α,β-unsaturated/α-hetero) is 1. The quantitative estimate of drug-likeness (QED) is 0.548. The number of halogens is 1. The lowest BCUT2D eigenvalue weighted by Gasteiger charge is -2.26. The van der Waals surface area contributed by atoms with Crippen molar-refractivity contribution in [2.75, 3.05) is 4.90 Å². The Morgan fingerprint density at radius 3 is 2.25 bits per heavy atom. The van der Waals surface area contributed by atoms with Crippen LogP contribution in [-0.2, 0) is 4.79 Å². The van der Waals surface area contributed by atoms with Crippen LogP contribution < -0.4 is 4.90 Å². The molecule has 3 aromatic rings. The van der Waals surface area contributed by atoms with E-state index in [0.717, 1.165) is 17.3 Å². The highest BCUT2D eigenvalue weighted by atomic mass is 19.1. The predicted octanol–water partition coefficient (Wildman–Crippen LogP) is 5.44. The highest BCUT2D eigenvalue weighted by Crippen LogP contribution is 2.41. The van der Waals surface area contributed by atoms with E-state index in [0.29, 0.717) is 17.0 Å². The Balaban J connectivity index is 1.85. The van der Waals surface area contributed by atoms with E-state index in [1.54, 1.807) is 24.3 Å². The van der Waals surface area contributed by atoms with Gasteiger partial charge in [0.05, 0.1) is 17.8 Å². The van der Waals surface area contributed by atoms with Gasteiger partial charge in [-0.25, -0.2) is 9.37 Å². The van der Waals surface area contributed by atoms with Crippen molar-refractivity contribution in [1.29, 1.82) is 0 Å². The maximum absolute atomic E-state index is 13.5. The molecule has 0 spiro atoms. The number of amides is 1. The summed E-state index contributed by atoms with van der Waals surface area (Å²) < 4.78 is 13.5. The number of pyridine rings is 1. The molecule has 162 valence electrons. The molecule has 1 aliphatic rings. The van der Waals surface area contributed by atoms with Gasteiger partial charge in [-0.05, 0) is 36.1 Å². The number of nitrogens with zero attached hydrogens (tertiary/aromatic N) is 2. The standard InChI is InChI=1S/C26H23FN2O3/c1-15(2)17-8-10-18(11-9-17)23-22(24(30)19-6-4-16(3)5-7-19)25(31)26(32)29(23)21-13-12-20(27)14-28-21/h4-15,23,31H,1-3H3. The molecule has 0 fully saturated rings. The van der Waals surface area contributed by atoms with E-state index in [4.69, 9.17) is 0 Å². The van der Waals surface area contributed by atoms with Gasteiger partial charge in [0.1, 0.15) is 11.6 Å². The summed E-state index contributed by atoms with van der Waals surface area (Å²) in [5.74, 6) is -1.92. The molecule has 1 aromatic heterocycles. The average molecular weight is 430 g/mol. The Morgan fingerprint density at radius 2 is 1.69 bits per heavy atom. The molecule has 0 bridgehead atoms. The molecule has 0 aliphatic carbocycles. The molecule has 4 rings (SSSR count). The largest absolute Gasteiger partial charge is 0.503 e. The van der Waals surface area contributed by atoms with Gasteiger partial charge in [-0.1, -0.05) is 67.9 Å². The fraction of sp³-hybridized carbons (Fsp3) is 0.192. The van der Waals surface area contributed by atoms with Crippen LogP contribution in [0.15, 0.2) is 78.2 Å². The molecule has 2 heterocycles. The van der Waals surface area contributed by atoms with Crippen molar-refractivity contribution in [1.82, 2.24) is 4.98 Å². The number of rotatable bonds is 5. The summed E-state index contributed by atoms with van der Waals surface area (Å²) in [6.07, 6.45) is 0.998. The molecule has 1 amide bonds. The number of hydrogen-bond donors (Lipinski definition) is 1. The Kier molecular flexibility index (Phi) is 5.61. The van der Waals surface area contributed by atoms with E-state index in [-0.39, 0.29) is 11.4 Å². The highest BCUT2D eigenvalue weighted by Gasteiger charge is 2.45. The minimum atomic E-state index is -0.893. The normalized spacial score (nSPS) is 16.2. The van der Waals surface area contributed by atoms with Crippen molar-refractivity contribution in [3.63, 3.8) is 0 Å². The van der Waals surface area contributed by atoms with Crippen LogP contribution in [0.2, 0.25) is 0 Å². The van der Waals surface area contributed by atoms with Crippen molar-refractivity contribution in [2.45, 2.75) is 32.7 Å². The molecule has 6 heteroatoms. The van der Waals surface area contributed by atoms with Gasteiger partial charge in [0.15, 0.2) is 11.5 Å². The third-order valence-corrected chi connectivity index (χ3v) is 5.64. The third kappa shape index (κ3) is 3.80. The first kappa shape index (κ1) is 21.4. The number of aromatic nitrogens is 1. The predicted molar refractivity (Wildman–Crippen MR) is 120 cm³/mol. The van der Waals surface area contributed by atoms with Crippen molar-refractivity contribution < 1.29 is 19.1 Å². The van der Waals surface area contributed by atoms with Crippen LogP contribution in [0.5, 0.6) is 0 Å². The molecule has 2 aromatic carbocycles. The molecule has 5 nitrogen and oxygen atoms in total. The minimum absolute atomic E-state index is 0.0257. The summed E-state index contributed by atoms with van der Waals surface area (Å²) in [5, 5.41) is 10.8. The SMILES string of the molecule is Cc1ccc(C(=O)C2=C(O)C(=O)N(c3ccc(F)cn3)C2c2ccc(C(C)C)cc2)cc1. The van der Waals surface area contributed by atoms with Gasteiger partial charge >= 0.3 is 0 Å². The van der Waals surface area contributed by atoms with Crippen LogP contribution >= 0.6 is 0 Å². The molecular weight excluding hydrogens is 407 g/mol.